The van der Waals surface area contributed by atoms with Gasteiger partial charge in [0.05, 0.1) is 17.4 Å². The highest BCUT2D eigenvalue weighted by Crippen LogP contribution is 2.16. The zero-order chi connectivity index (χ0) is 14.8. The Bertz CT molecular complexity index is 454. The Morgan fingerprint density at radius 1 is 1.35 bits per heavy atom. The first-order valence-corrected chi connectivity index (χ1v) is 7.21. The van der Waals surface area contributed by atoms with Gasteiger partial charge in [-0.1, -0.05) is 6.92 Å². The minimum absolute atomic E-state index is 0.0542. The Labute approximate surface area is 120 Å². The first kappa shape index (κ1) is 15.1. The standard InChI is InChI=1S/C15H24N2O3/c1-4-13-12(5-10-20-13)14(18)17-8-6-16(7-9-17)11-15(2,3)19/h5,10,19H,4,6-9,11H2,1-3H3. The van der Waals surface area contributed by atoms with Crippen molar-refractivity contribution in [1.29, 1.82) is 0 Å². The molecule has 1 amide bonds. The van der Waals surface area contributed by atoms with Crippen LogP contribution < -0.4 is 0 Å². The maximum atomic E-state index is 12.4. The minimum Gasteiger partial charge on any atom is -0.469 e. The van der Waals surface area contributed by atoms with E-state index in [-0.39, 0.29) is 5.91 Å². The molecule has 1 aromatic heterocycles. The molecule has 1 N–H and O–H groups in total. The molecule has 1 aliphatic rings. The van der Waals surface area contributed by atoms with Gasteiger partial charge in [-0.2, -0.15) is 0 Å². The summed E-state index contributed by atoms with van der Waals surface area (Å²) in [5.74, 6) is 0.812. The highest BCUT2D eigenvalue weighted by molar-refractivity contribution is 5.95. The number of β-amino-alcohol motifs (C(OH)–C–C–N with tert-alkyl or cyclic N) is 1. The second-order valence-corrected chi connectivity index (χ2v) is 5.99. The van der Waals surface area contributed by atoms with Crippen molar-refractivity contribution in [2.45, 2.75) is 32.8 Å². The molecule has 0 saturated carbocycles. The lowest BCUT2D eigenvalue weighted by molar-refractivity contribution is 0.0178. The smallest absolute Gasteiger partial charge is 0.257 e. The molecule has 0 bridgehead atoms. The molecule has 1 saturated heterocycles. The lowest BCUT2D eigenvalue weighted by Gasteiger charge is -2.37. The van der Waals surface area contributed by atoms with Gasteiger partial charge in [0.1, 0.15) is 5.76 Å². The zero-order valence-corrected chi connectivity index (χ0v) is 12.6. The molecular formula is C15H24N2O3. The lowest BCUT2D eigenvalue weighted by Crippen LogP contribution is -2.52. The maximum Gasteiger partial charge on any atom is 0.257 e. The summed E-state index contributed by atoms with van der Waals surface area (Å²) in [5.41, 5.74) is -0.00464. The van der Waals surface area contributed by atoms with Crippen LogP contribution in [0.3, 0.4) is 0 Å². The van der Waals surface area contributed by atoms with Gasteiger partial charge in [-0.3, -0.25) is 9.69 Å². The molecule has 0 radical (unpaired) electrons. The molecule has 1 aliphatic heterocycles. The van der Waals surface area contributed by atoms with Gasteiger partial charge in [0.2, 0.25) is 0 Å². The van der Waals surface area contributed by atoms with Crippen LogP contribution in [-0.2, 0) is 6.42 Å². The number of furan rings is 1. The molecule has 112 valence electrons. The van der Waals surface area contributed by atoms with Crippen LogP contribution in [0.1, 0.15) is 36.9 Å². The van der Waals surface area contributed by atoms with E-state index in [1.807, 2.05) is 25.7 Å². The third kappa shape index (κ3) is 3.61. The first-order chi connectivity index (χ1) is 9.40. The van der Waals surface area contributed by atoms with E-state index in [9.17, 15) is 9.90 Å². The number of rotatable bonds is 4. The SMILES string of the molecule is CCc1occc1C(=O)N1CCN(CC(C)(C)O)CC1. The number of piperazine rings is 1. The fourth-order valence-corrected chi connectivity index (χ4v) is 2.63. The van der Waals surface area contributed by atoms with Crippen LogP contribution >= 0.6 is 0 Å². The highest BCUT2D eigenvalue weighted by Gasteiger charge is 2.26. The van der Waals surface area contributed by atoms with Crippen molar-refractivity contribution >= 4 is 5.91 Å². The normalized spacial score (nSPS) is 17.5. The summed E-state index contributed by atoms with van der Waals surface area (Å²) in [4.78, 5) is 16.5. The van der Waals surface area contributed by atoms with Crippen LogP contribution in [0.2, 0.25) is 0 Å². The van der Waals surface area contributed by atoms with Gasteiger partial charge in [0, 0.05) is 39.1 Å². The predicted octanol–water partition coefficient (Wildman–Crippen LogP) is 1.37. The van der Waals surface area contributed by atoms with Gasteiger partial charge >= 0.3 is 0 Å². The number of nitrogens with zero attached hydrogens (tertiary/aromatic N) is 2. The Balaban J connectivity index is 1.92. The molecule has 0 spiro atoms. The summed E-state index contributed by atoms with van der Waals surface area (Å²) < 4.78 is 5.32. The fourth-order valence-electron chi connectivity index (χ4n) is 2.63. The number of carbonyl (C=O) groups excluding carboxylic acids is 1. The predicted molar refractivity (Wildman–Crippen MR) is 76.7 cm³/mol. The molecule has 0 aromatic carbocycles. The molecular weight excluding hydrogens is 256 g/mol. The first-order valence-electron chi connectivity index (χ1n) is 7.21. The van der Waals surface area contributed by atoms with Gasteiger partial charge in [-0.15, -0.1) is 0 Å². The van der Waals surface area contributed by atoms with Crippen LogP contribution in [0.5, 0.6) is 0 Å². The molecule has 0 aliphatic carbocycles. The van der Waals surface area contributed by atoms with E-state index < -0.39 is 5.60 Å². The van der Waals surface area contributed by atoms with Crippen molar-refractivity contribution in [3.05, 3.63) is 23.7 Å². The molecule has 5 heteroatoms. The van der Waals surface area contributed by atoms with Crippen molar-refractivity contribution in [3.8, 4) is 0 Å². The number of hydrogen-bond donors (Lipinski definition) is 1. The topological polar surface area (TPSA) is 56.9 Å². The average Bonchev–Trinajstić information content (AvgIpc) is 2.85. The largest absolute Gasteiger partial charge is 0.469 e. The van der Waals surface area contributed by atoms with Crippen molar-refractivity contribution in [2.75, 3.05) is 32.7 Å². The number of amides is 1. The van der Waals surface area contributed by atoms with Gasteiger partial charge in [0.25, 0.3) is 5.91 Å². The van der Waals surface area contributed by atoms with E-state index in [1.54, 1.807) is 12.3 Å². The van der Waals surface area contributed by atoms with Crippen LogP contribution in [0, 0.1) is 0 Å². The number of aryl methyl sites for hydroxylation is 1. The van der Waals surface area contributed by atoms with Gasteiger partial charge < -0.3 is 14.4 Å². The van der Waals surface area contributed by atoms with Crippen molar-refractivity contribution in [2.24, 2.45) is 0 Å². The van der Waals surface area contributed by atoms with Gasteiger partial charge in [-0.05, 0) is 19.9 Å². The number of hydrogen-bond acceptors (Lipinski definition) is 4. The average molecular weight is 280 g/mol. The maximum absolute atomic E-state index is 12.4. The van der Waals surface area contributed by atoms with E-state index in [0.717, 1.165) is 25.3 Å². The van der Waals surface area contributed by atoms with Crippen LogP contribution in [0.15, 0.2) is 16.7 Å². The number of aliphatic hydroxyl groups is 1. The quantitative estimate of drug-likeness (QED) is 0.905. The Morgan fingerprint density at radius 2 is 2.00 bits per heavy atom. The Kier molecular flexibility index (Phi) is 4.50. The van der Waals surface area contributed by atoms with E-state index in [1.165, 1.54) is 0 Å². The van der Waals surface area contributed by atoms with Crippen LogP contribution in [0.4, 0.5) is 0 Å². The van der Waals surface area contributed by atoms with Crippen LogP contribution in [-0.4, -0.2) is 59.1 Å². The summed E-state index contributed by atoms with van der Waals surface area (Å²) in [6, 6.07) is 1.75. The van der Waals surface area contributed by atoms with Gasteiger partial charge in [0.15, 0.2) is 0 Å². The van der Waals surface area contributed by atoms with E-state index in [0.29, 0.717) is 25.2 Å². The zero-order valence-electron chi connectivity index (χ0n) is 12.6. The van der Waals surface area contributed by atoms with Crippen molar-refractivity contribution in [1.82, 2.24) is 9.80 Å². The highest BCUT2D eigenvalue weighted by atomic mass is 16.3. The molecule has 5 nitrogen and oxygen atoms in total. The van der Waals surface area contributed by atoms with E-state index in [4.69, 9.17) is 4.42 Å². The Hall–Kier alpha value is -1.33. The summed E-state index contributed by atoms with van der Waals surface area (Å²) in [6.07, 6.45) is 2.31. The fraction of sp³-hybridized carbons (Fsp3) is 0.667. The minimum atomic E-state index is -0.688. The van der Waals surface area contributed by atoms with Crippen molar-refractivity contribution < 1.29 is 14.3 Å². The molecule has 2 rings (SSSR count). The lowest BCUT2D eigenvalue weighted by atomic mass is 10.1. The van der Waals surface area contributed by atoms with Crippen LogP contribution in [0.25, 0.3) is 0 Å². The van der Waals surface area contributed by atoms with Crippen molar-refractivity contribution in [3.63, 3.8) is 0 Å². The second kappa shape index (κ2) is 5.97. The molecule has 0 unspecified atom stereocenters. The third-order valence-electron chi connectivity index (χ3n) is 3.57. The molecule has 2 heterocycles. The summed E-state index contributed by atoms with van der Waals surface area (Å²) in [6.45, 7) is 9.24. The third-order valence-corrected chi connectivity index (χ3v) is 3.57. The monoisotopic (exact) mass is 280 g/mol. The molecule has 1 aromatic rings. The summed E-state index contributed by atoms with van der Waals surface area (Å²) in [5, 5.41) is 9.83. The molecule has 1 fully saturated rings. The van der Waals surface area contributed by atoms with E-state index in [2.05, 4.69) is 4.90 Å². The summed E-state index contributed by atoms with van der Waals surface area (Å²) >= 11 is 0. The Morgan fingerprint density at radius 3 is 2.55 bits per heavy atom. The molecule has 0 atom stereocenters. The summed E-state index contributed by atoms with van der Waals surface area (Å²) in [7, 11) is 0. The molecule has 20 heavy (non-hydrogen) atoms. The van der Waals surface area contributed by atoms with Gasteiger partial charge in [-0.25, -0.2) is 0 Å². The second-order valence-electron chi connectivity index (χ2n) is 5.99. The number of carbonyl (C=O) groups is 1. The van der Waals surface area contributed by atoms with E-state index >= 15 is 0 Å².